The van der Waals surface area contributed by atoms with Crippen molar-refractivity contribution in [3.05, 3.63) is 131 Å². The molecule has 0 amide bonds. The molecule has 0 fully saturated rings. The summed E-state index contributed by atoms with van der Waals surface area (Å²) < 4.78 is 2.15. The van der Waals surface area contributed by atoms with Gasteiger partial charge in [-0.05, 0) is 46.9 Å². The van der Waals surface area contributed by atoms with Crippen LogP contribution < -0.4 is 0 Å². The molecule has 278 valence electrons. The zero-order chi connectivity index (χ0) is 39.5. The minimum absolute atomic E-state index is 0.580. The first kappa shape index (κ1) is 45.4. The topological polar surface area (TPSA) is 3.24 Å². The second kappa shape index (κ2) is 20.8. The van der Waals surface area contributed by atoms with Crippen LogP contribution in [-0.4, -0.2) is 28.6 Å². The van der Waals surface area contributed by atoms with Crippen molar-refractivity contribution in [2.24, 2.45) is 0 Å². The number of fused-ring (bicyclic) bond motifs is 2. The third-order valence-electron chi connectivity index (χ3n) is 9.70. The van der Waals surface area contributed by atoms with Gasteiger partial charge in [-0.3, -0.25) is 0 Å². The van der Waals surface area contributed by atoms with Gasteiger partial charge in [-0.15, -0.1) is 69.1 Å². The monoisotopic (exact) mass is 853 g/mol. The molecular weight excluding hydrogens is 796 g/mol. The normalized spacial score (nSPS) is 11.5. The van der Waals surface area contributed by atoms with Crippen LogP contribution in [0.1, 0.15) is 75.6 Å². The summed E-state index contributed by atoms with van der Waals surface area (Å²) in [5.41, 5.74) is 11.2. The summed E-state index contributed by atoms with van der Waals surface area (Å²) >= 11 is -0.826. The van der Waals surface area contributed by atoms with E-state index in [0.29, 0.717) is 11.8 Å². The zero-order valence-electron chi connectivity index (χ0n) is 34.2. The van der Waals surface area contributed by atoms with Crippen LogP contribution in [0.25, 0.3) is 43.8 Å². The maximum absolute atomic E-state index is 5.98. The molecule has 6 aromatic carbocycles. The second-order valence-corrected chi connectivity index (χ2v) is 30.1. The fourth-order valence-corrected chi connectivity index (χ4v) is 14.9. The van der Waals surface area contributed by atoms with Crippen LogP contribution in [0.15, 0.2) is 109 Å². The van der Waals surface area contributed by atoms with E-state index < -0.39 is 37.3 Å². The van der Waals surface area contributed by atoms with Gasteiger partial charge in [0.05, 0.1) is 0 Å². The van der Waals surface area contributed by atoms with Crippen molar-refractivity contribution >= 4 is 63.0 Å². The van der Waals surface area contributed by atoms with Gasteiger partial charge >= 0.3 is 37.9 Å². The zero-order valence-corrected chi connectivity index (χ0v) is 40.2. The number of benzene rings is 4. The van der Waals surface area contributed by atoms with Crippen LogP contribution >= 0.6 is 17.0 Å². The van der Waals surface area contributed by atoms with E-state index in [2.05, 4.69) is 194 Å². The molecule has 6 rings (SSSR count). The SMILES string of the molecule is CCc1ccccc1-c1cccc2[cH-]c(C(C)C)cc12.CCc1ccccc1-c1cccc2[cH-]c(C(C)C)cc12.[B]N([Si](C)(C)C)[Si](C)(C)C.[Cl][Zr+2][Cl]. The van der Waals surface area contributed by atoms with Crippen molar-refractivity contribution < 1.29 is 20.8 Å². The van der Waals surface area contributed by atoms with Crippen molar-refractivity contribution in [3.63, 3.8) is 0 Å². The van der Waals surface area contributed by atoms with E-state index in [0.717, 1.165) is 12.8 Å². The van der Waals surface area contributed by atoms with E-state index >= 15 is 0 Å². The van der Waals surface area contributed by atoms with Crippen LogP contribution in [0.3, 0.4) is 0 Å². The Morgan fingerprint density at radius 1 is 0.566 bits per heavy atom. The number of hydrogen-bond acceptors (Lipinski definition) is 1. The van der Waals surface area contributed by atoms with Gasteiger partial charge in [-0.1, -0.05) is 153 Å². The number of nitrogens with zero attached hydrogens (tertiary/aromatic N) is 1. The standard InChI is InChI=1S/2C20H21.C6H18BNSi2.2ClH.Zr/c2*1-4-15-8-5-6-10-18(15)19-11-7-9-16-12-17(14(2)3)13-20(16)19;1-9(2,3)8(7)10(4,5)6;;;/h2*5-14H,4H2,1-3H3;1-6H3;2*1H;/q2*-1;;;;+4/p-2. The van der Waals surface area contributed by atoms with Crippen molar-refractivity contribution in [3.8, 4) is 22.3 Å². The molecule has 2 radical (unpaired) electrons. The fraction of sp³-hybridized carbons (Fsp3) is 0.348. The van der Waals surface area contributed by atoms with Crippen LogP contribution in [-0.2, 0) is 33.7 Å². The van der Waals surface area contributed by atoms with Crippen LogP contribution in [0.5, 0.6) is 0 Å². The Morgan fingerprint density at radius 2 is 0.887 bits per heavy atom. The molecule has 0 heterocycles. The van der Waals surface area contributed by atoms with Gasteiger partial charge in [-0.25, -0.2) is 0 Å². The Hall–Kier alpha value is -1.98. The number of halogens is 2. The van der Waals surface area contributed by atoms with E-state index in [4.69, 9.17) is 25.0 Å². The minimum atomic E-state index is -1.22. The fourth-order valence-electron chi connectivity index (χ4n) is 6.84. The molecule has 53 heavy (non-hydrogen) atoms. The van der Waals surface area contributed by atoms with Crippen molar-refractivity contribution in [1.82, 2.24) is 4.14 Å². The van der Waals surface area contributed by atoms with E-state index in [1.807, 2.05) is 0 Å². The van der Waals surface area contributed by atoms with E-state index in [9.17, 15) is 0 Å². The predicted molar refractivity (Wildman–Crippen MR) is 243 cm³/mol. The maximum atomic E-state index is 5.98. The molecule has 0 atom stereocenters. The molecule has 0 aliphatic rings. The number of hydrogen-bond donors (Lipinski definition) is 0. The van der Waals surface area contributed by atoms with E-state index in [1.165, 1.54) is 66.1 Å². The molecule has 0 saturated carbocycles. The summed E-state index contributed by atoms with van der Waals surface area (Å²) in [6.07, 6.45) is 2.15. The summed E-state index contributed by atoms with van der Waals surface area (Å²) in [5.74, 6) is 1.16. The van der Waals surface area contributed by atoms with Gasteiger partial charge in [0, 0.05) is 0 Å². The Kier molecular flexibility index (Phi) is 17.8. The van der Waals surface area contributed by atoms with Crippen LogP contribution in [0.2, 0.25) is 39.3 Å². The average Bonchev–Trinajstić information content (AvgIpc) is 3.77. The first-order valence-electron chi connectivity index (χ1n) is 19.0. The molecule has 7 heteroatoms. The second-order valence-electron chi connectivity index (χ2n) is 16.3. The predicted octanol–water partition coefficient (Wildman–Crippen LogP) is 15.2. The average molecular weight is 856 g/mol. The molecule has 0 aliphatic heterocycles. The molecule has 0 unspecified atom stereocenters. The summed E-state index contributed by atoms with van der Waals surface area (Å²) in [4.78, 5) is 0. The van der Waals surface area contributed by atoms with Gasteiger partial charge in [-0.2, -0.15) is 12.1 Å². The van der Waals surface area contributed by atoms with E-state index in [1.54, 1.807) is 0 Å². The number of aryl methyl sites for hydroxylation is 2. The molecule has 0 aromatic heterocycles. The number of rotatable bonds is 8. The Balaban J connectivity index is 0.000000218. The third-order valence-corrected chi connectivity index (χ3v) is 16.6. The molecule has 0 saturated heterocycles. The Labute approximate surface area is 344 Å². The molecule has 6 aromatic rings. The first-order valence-corrected chi connectivity index (χ1v) is 32.3. The summed E-state index contributed by atoms with van der Waals surface area (Å²) in [6, 6.07) is 40.2. The molecule has 0 aliphatic carbocycles. The summed E-state index contributed by atoms with van der Waals surface area (Å²) in [5, 5.41) is 5.49. The third kappa shape index (κ3) is 12.5. The van der Waals surface area contributed by atoms with Crippen molar-refractivity contribution in [2.75, 3.05) is 0 Å². The molecule has 1 nitrogen and oxygen atoms in total. The Bertz CT molecular complexity index is 1870. The van der Waals surface area contributed by atoms with Gasteiger partial charge in [0.2, 0.25) is 0 Å². The Morgan fingerprint density at radius 3 is 1.17 bits per heavy atom. The van der Waals surface area contributed by atoms with Crippen LogP contribution in [0.4, 0.5) is 0 Å². The van der Waals surface area contributed by atoms with Gasteiger partial charge in [0.25, 0.3) is 0 Å². The van der Waals surface area contributed by atoms with Crippen molar-refractivity contribution in [1.29, 1.82) is 0 Å². The first-order chi connectivity index (χ1) is 25.0. The quantitative estimate of drug-likeness (QED) is 0.109. The summed E-state index contributed by atoms with van der Waals surface area (Å²) in [7, 11) is 13.4. The van der Waals surface area contributed by atoms with Gasteiger partial charge < -0.3 is 4.14 Å². The van der Waals surface area contributed by atoms with Crippen LogP contribution in [0, 0.1) is 0 Å². The van der Waals surface area contributed by atoms with Crippen molar-refractivity contribution in [2.45, 2.75) is 106 Å². The van der Waals surface area contributed by atoms with Gasteiger partial charge in [0.1, 0.15) is 16.5 Å². The van der Waals surface area contributed by atoms with Gasteiger partial charge in [0.15, 0.2) is 7.98 Å². The molecular formula is C46H60BCl2NSi2Zr. The van der Waals surface area contributed by atoms with E-state index in [-0.39, 0.29) is 0 Å². The molecule has 0 N–H and O–H groups in total. The summed E-state index contributed by atoms with van der Waals surface area (Å²) in [6.45, 7) is 27.2. The molecule has 0 bridgehead atoms. The molecule has 0 spiro atoms.